The van der Waals surface area contributed by atoms with Crippen LogP contribution in [0, 0.1) is 12.8 Å². The molecule has 0 radical (unpaired) electrons. The standard InChI is InChI=1S/C21H30N4O.ClH/c1-15-7-9-17(10-8-15)25-14-18(19(24-25)21(2,3)4)20(26)23-13-16-6-5-11-22-12-16;/h7-10,14,16,22H,5-6,11-13H2,1-4H3,(H,23,26);1H. The topological polar surface area (TPSA) is 59.0 Å². The molecule has 0 saturated carbocycles. The summed E-state index contributed by atoms with van der Waals surface area (Å²) in [4.78, 5) is 12.9. The van der Waals surface area contributed by atoms with Gasteiger partial charge >= 0.3 is 0 Å². The fourth-order valence-electron chi connectivity index (χ4n) is 3.35. The monoisotopic (exact) mass is 390 g/mol. The van der Waals surface area contributed by atoms with Gasteiger partial charge in [0.2, 0.25) is 0 Å². The lowest BCUT2D eigenvalue weighted by molar-refractivity contribution is 0.0942. The SMILES string of the molecule is Cc1ccc(-n2cc(C(=O)NCC3CCCNC3)c(C(C)(C)C)n2)cc1.Cl. The summed E-state index contributed by atoms with van der Waals surface area (Å²) in [5.41, 5.74) is 3.47. The Balaban J connectivity index is 0.00000261. The third kappa shape index (κ3) is 5.33. The number of benzene rings is 1. The van der Waals surface area contributed by atoms with Gasteiger partial charge in [0.1, 0.15) is 0 Å². The van der Waals surface area contributed by atoms with Crippen LogP contribution < -0.4 is 10.6 Å². The normalized spacial score (nSPS) is 17.3. The first-order valence-corrected chi connectivity index (χ1v) is 9.50. The summed E-state index contributed by atoms with van der Waals surface area (Å²) in [6, 6.07) is 8.18. The zero-order chi connectivity index (χ0) is 18.7. The second kappa shape index (κ2) is 8.89. The first-order valence-electron chi connectivity index (χ1n) is 9.50. The van der Waals surface area contributed by atoms with Gasteiger partial charge < -0.3 is 10.6 Å². The lowest BCUT2D eigenvalue weighted by Gasteiger charge is -2.23. The van der Waals surface area contributed by atoms with E-state index < -0.39 is 0 Å². The Hall–Kier alpha value is -1.85. The van der Waals surface area contributed by atoms with E-state index >= 15 is 0 Å². The van der Waals surface area contributed by atoms with Crippen LogP contribution in [0.1, 0.15) is 55.2 Å². The van der Waals surface area contributed by atoms with Crippen molar-refractivity contribution in [1.82, 2.24) is 20.4 Å². The zero-order valence-corrected chi connectivity index (χ0v) is 17.5. The summed E-state index contributed by atoms with van der Waals surface area (Å²) in [6.07, 6.45) is 4.21. The van der Waals surface area contributed by atoms with Gasteiger partial charge in [-0.15, -0.1) is 12.4 Å². The van der Waals surface area contributed by atoms with E-state index in [4.69, 9.17) is 5.10 Å². The van der Waals surface area contributed by atoms with Gasteiger partial charge in [-0.25, -0.2) is 4.68 Å². The van der Waals surface area contributed by atoms with Crippen LogP contribution in [-0.2, 0) is 5.41 Å². The van der Waals surface area contributed by atoms with E-state index in [0.717, 1.165) is 24.5 Å². The third-order valence-electron chi connectivity index (χ3n) is 4.92. The van der Waals surface area contributed by atoms with E-state index in [1.807, 2.05) is 23.0 Å². The van der Waals surface area contributed by atoms with Crippen LogP contribution in [0.5, 0.6) is 0 Å². The van der Waals surface area contributed by atoms with E-state index in [9.17, 15) is 4.79 Å². The second-order valence-corrected chi connectivity index (χ2v) is 8.34. The zero-order valence-electron chi connectivity index (χ0n) is 16.7. The number of hydrogen-bond acceptors (Lipinski definition) is 3. The Morgan fingerprint density at radius 1 is 1.30 bits per heavy atom. The number of carbonyl (C=O) groups is 1. The van der Waals surface area contributed by atoms with Gasteiger partial charge in [0.05, 0.1) is 16.9 Å². The molecule has 3 rings (SSSR count). The van der Waals surface area contributed by atoms with Crippen molar-refractivity contribution in [2.45, 2.75) is 46.0 Å². The molecule has 0 spiro atoms. The molecule has 2 aromatic rings. The second-order valence-electron chi connectivity index (χ2n) is 8.34. The fourth-order valence-corrected chi connectivity index (χ4v) is 3.35. The van der Waals surface area contributed by atoms with Crippen molar-refractivity contribution in [3.05, 3.63) is 47.3 Å². The lowest BCUT2D eigenvalue weighted by atomic mass is 9.89. The third-order valence-corrected chi connectivity index (χ3v) is 4.92. The Morgan fingerprint density at radius 3 is 2.59 bits per heavy atom. The largest absolute Gasteiger partial charge is 0.352 e. The van der Waals surface area contributed by atoms with Crippen LogP contribution in [0.15, 0.2) is 30.5 Å². The minimum atomic E-state index is -0.199. The average Bonchev–Trinajstić information content (AvgIpc) is 3.07. The van der Waals surface area contributed by atoms with Crippen molar-refractivity contribution in [3.8, 4) is 5.69 Å². The predicted molar refractivity (Wildman–Crippen MR) is 112 cm³/mol. The van der Waals surface area contributed by atoms with Gasteiger partial charge in [-0.1, -0.05) is 38.5 Å². The quantitative estimate of drug-likeness (QED) is 0.838. The molecule has 1 fully saturated rings. The highest BCUT2D eigenvalue weighted by Crippen LogP contribution is 2.26. The summed E-state index contributed by atoms with van der Waals surface area (Å²) >= 11 is 0. The summed E-state index contributed by atoms with van der Waals surface area (Å²) < 4.78 is 1.82. The van der Waals surface area contributed by atoms with Gasteiger partial charge in [0, 0.05) is 18.2 Å². The number of amides is 1. The van der Waals surface area contributed by atoms with Crippen LogP contribution in [0.2, 0.25) is 0 Å². The first kappa shape index (κ1) is 21.5. The molecule has 5 nitrogen and oxygen atoms in total. The molecule has 6 heteroatoms. The Labute approximate surface area is 168 Å². The highest BCUT2D eigenvalue weighted by atomic mass is 35.5. The average molecular weight is 391 g/mol. The predicted octanol–water partition coefficient (Wildman–Crippen LogP) is 3.63. The molecular weight excluding hydrogens is 360 g/mol. The number of piperidine rings is 1. The Kier molecular flexibility index (Phi) is 7.06. The summed E-state index contributed by atoms with van der Waals surface area (Å²) in [6.45, 7) is 11.1. The first-order chi connectivity index (χ1) is 12.3. The molecule has 1 aromatic heterocycles. The highest BCUT2D eigenvalue weighted by Gasteiger charge is 2.27. The van der Waals surface area contributed by atoms with Gasteiger partial charge in [-0.2, -0.15) is 5.10 Å². The van der Waals surface area contributed by atoms with E-state index in [2.05, 4.69) is 50.5 Å². The van der Waals surface area contributed by atoms with Crippen LogP contribution in [0.4, 0.5) is 0 Å². The van der Waals surface area contributed by atoms with Crippen LogP contribution in [0.25, 0.3) is 5.69 Å². The number of hydrogen-bond donors (Lipinski definition) is 2. The molecule has 1 unspecified atom stereocenters. The maximum Gasteiger partial charge on any atom is 0.254 e. The van der Waals surface area contributed by atoms with Crippen molar-refractivity contribution >= 4 is 18.3 Å². The number of rotatable bonds is 4. The molecule has 148 valence electrons. The molecule has 1 aliphatic heterocycles. The Bertz CT molecular complexity index is 755. The van der Waals surface area contributed by atoms with E-state index in [1.165, 1.54) is 18.4 Å². The van der Waals surface area contributed by atoms with E-state index in [-0.39, 0.29) is 23.7 Å². The summed E-state index contributed by atoms with van der Waals surface area (Å²) in [5, 5.41) is 11.3. The van der Waals surface area contributed by atoms with Crippen molar-refractivity contribution in [2.24, 2.45) is 5.92 Å². The van der Waals surface area contributed by atoms with Crippen LogP contribution in [0.3, 0.4) is 0 Å². The molecule has 1 amide bonds. The maximum absolute atomic E-state index is 12.9. The van der Waals surface area contributed by atoms with E-state index in [1.54, 1.807) is 0 Å². The van der Waals surface area contributed by atoms with Gasteiger partial charge in [-0.05, 0) is 50.9 Å². The Morgan fingerprint density at radius 2 is 2.00 bits per heavy atom. The van der Waals surface area contributed by atoms with Crippen molar-refractivity contribution in [1.29, 1.82) is 0 Å². The van der Waals surface area contributed by atoms with Crippen molar-refractivity contribution in [2.75, 3.05) is 19.6 Å². The molecule has 2 N–H and O–H groups in total. The van der Waals surface area contributed by atoms with E-state index in [0.29, 0.717) is 18.0 Å². The van der Waals surface area contributed by atoms with Gasteiger partial charge in [-0.3, -0.25) is 4.79 Å². The molecule has 1 aromatic carbocycles. The molecular formula is C21H31ClN4O. The number of aromatic nitrogens is 2. The smallest absolute Gasteiger partial charge is 0.254 e. The maximum atomic E-state index is 12.9. The van der Waals surface area contributed by atoms with Gasteiger partial charge in [0.25, 0.3) is 5.91 Å². The number of carbonyl (C=O) groups excluding carboxylic acids is 1. The van der Waals surface area contributed by atoms with Gasteiger partial charge in [0.15, 0.2) is 0 Å². The minimum absolute atomic E-state index is 0. The number of halogens is 1. The minimum Gasteiger partial charge on any atom is -0.352 e. The molecule has 1 saturated heterocycles. The fraction of sp³-hybridized carbons (Fsp3) is 0.524. The molecule has 1 aliphatic rings. The number of aryl methyl sites for hydroxylation is 1. The van der Waals surface area contributed by atoms with Crippen molar-refractivity contribution < 1.29 is 4.79 Å². The molecule has 1 atom stereocenters. The summed E-state index contributed by atoms with van der Waals surface area (Å²) in [7, 11) is 0. The van der Waals surface area contributed by atoms with Crippen LogP contribution in [-0.4, -0.2) is 35.3 Å². The molecule has 0 bridgehead atoms. The number of nitrogens with zero attached hydrogens (tertiary/aromatic N) is 2. The summed E-state index contributed by atoms with van der Waals surface area (Å²) in [5.74, 6) is 0.483. The highest BCUT2D eigenvalue weighted by molar-refractivity contribution is 5.95. The number of nitrogens with one attached hydrogen (secondary N) is 2. The van der Waals surface area contributed by atoms with Crippen LogP contribution >= 0.6 is 12.4 Å². The van der Waals surface area contributed by atoms with Crippen molar-refractivity contribution in [3.63, 3.8) is 0 Å². The molecule has 27 heavy (non-hydrogen) atoms. The molecule has 0 aliphatic carbocycles. The molecule has 2 heterocycles. The lowest BCUT2D eigenvalue weighted by Crippen LogP contribution is -2.38.